The van der Waals surface area contributed by atoms with Crippen molar-refractivity contribution >= 4 is 28.1 Å². The summed E-state index contributed by atoms with van der Waals surface area (Å²) in [6.07, 6.45) is 3.48. The van der Waals surface area contributed by atoms with E-state index in [1.54, 1.807) is 23.0 Å². The highest BCUT2D eigenvalue weighted by Gasteiger charge is 2.11. The smallest absolute Gasteiger partial charge is 0.277 e. The highest BCUT2D eigenvalue weighted by atomic mass is 79.9. The first kappa shape index (κ1) is 21.5. The van der Waals surface area contributed by atoms with E-state index in [1.807, 2.05) is 79.9 Å². The topological polar surface area (TPSA) is 68.5 Å². The Bertz CT molecular complexity index is 1230. The van der Waals surface area contributed by atoms with Crippen LogP contribution in [-0.4, -0.2) is 28.5 Å². The third-order valence-corrected chi connectivity index (χ3v) is 5.14. The van der Waals surface area contributed by atoms with Crippen LogP contribution in [0.2, 0.25) is 0 Å². The van der Waals surface area contributed by atoms with Crippen LogP contribution in [0.5, 0.6) is 5.75 Å². The van der Waals surface area contributed by atoms with E-state index in [0.717, 1.165) is 27.0 Å². The fourth-order valence-electron chi connectivity index (χ4n) is 3.04. The molecule has 1 heterocycles. The minimum Gasteiger partial charge on any atom is -0.484 e. The maximum Gasteiger partial charge on any atom is 0.277 e. The number of nitrogens with one attached hydrogen (secondary N) is 1. The number of amides is 1. The highest BCUT2D eigenvalue weighted by molar-refractivity contribution is 9.10. The first-order chi connectivity index (χ1) is 15.6. The fourth-order valence-corrected chi connectivity index (χ4v) is 3.42. The van der Waals surface area contributed by atoms with Crippen LogP contribution in [0.4, 0.5) is 0 Å². The molecule has 6 nitrogen and oxygen atoms in total. The second kappa shape index (κ2) is 10.1. The van der Waals surface area contributed by atoms with Gasteiger partial charge in [0, 0.05) is 21.8 Å². The first-order valence-electron chi connectivity index (χ1n) is 10.0. The number of carbonyl (C=O) groups excluding carboxylic acids is 1. The molecule has 0 saturated heterocycles. The van der Waals surface area contributed by atoms with E-state index in [2.05, 4.69) is 26.5 Å². The van der Waals surface area contributed by atoms with Gasteiger partial charge in [-0.25, -0.2) is 10.1 Å². The van der Waals surface area contributed by atoms with Crippen LogP contribution >= 0.6 is 15.9 Å². The van der Waals surface area contributed by atoms with Crippen molar-refractivity contribution in [2.45, 2.75) is 6.92 Å². The molecule has 0 unspecified atom stereocenters. The molecule has 4 rings (SSSR count). The lowest BCUT2D eigenvalue weighted by atomic mass is 10.1. The molecule has 4 aromatic rings. The van der Waals surface area contributed by atoms with Gasteiger partial charge in [0.2, 0.25) is 0 Å². The predicted octanol–water partition coefficient (Wildman–Crippen LogP) is 5.14. The van der Waals surface area contributed by atoms with Gasteiger partial charge >= 0.3 is 0 Å². The van der Waals surface area contributed by atoms with Crippen molar-refractivity contribution in [1.82, 2.24) is 15.2 Å². The molecule has 0 atom stereocenters. The zero-order valence-electron chi connectivity index (χ0n) is 17.4. The van der Waals surface area contributed by atoms with Crippen molar-refractivity contribution in [3.05, 3.63) is 101 Å². The minimum absolute atomic E-state index is 0.137. The van der Waals surface area contributed by atoms with Gasteiger partial charge in [-0.15, -0.1) is 0 Å². The molecule has 0 aliphatic rings. The summed E-state index contributed by atoms with van der Waals surface area (Å²) in [6.45, 7) is 1.91. The Balaban J connectivity index is 1.50. The fraction of sp³-hybridized carbons (Fsp3) is 0.0800. The van der Waals surface area contributed by atoms with E-state index in [1.165, 1.54) is 5.56 Å². The van der Waals surface area contributed by atoms with Crippen LogP contribution in [0.3, 0.4) is 0 Å². The number of aromatic nitrogens is 2. The molecule has 1 N–H and O–H groups in total. The van der Waals surface area contributed by atoms with Crippen molar-refractivity contribution < 1.29 is 9.53 Å². The lowest BCUT2D eigenvalue weighted by Gasteiger charge is -2.05. The van der Waals surface area contributed by atoms with Crippen LogP contribution in [0.15, 0.2) is 94.6 Å². The van der Waals surface area contributed by atoms with Gasteiger partial charge in [-0.3, -0.25) is 4.79 Å². The van der Waals surface area contributed by atoms with Crippen LogP contribution in [0, 0.1) is 6.92 Å². The lowest BCUT2D eigenvalue weighted by molar-refractivity contribution is -0.123. The lowest BCUT2D eigenvalue weighted by Crippen LogP contribution is -2.24. The second-order valence-electron chi connectivity index (χ2n) is 7.12. The van der Waals surface area contributed by atoms with Gasteiger partial charge in [-0.2, -0.15) is 10.2 Å². The van der Waals surface area contributed by atoms with E-state index >= 15 is 0 Å². The Morgan fingerprint density at radius 2 is 1.88 bits per heavy atom. The number of para-hydroxylation sites is 1. The monoisotopic (exact) mass is 488 g/mol. The normalized spacial score (nSPS) is 10.9. The number of hydrogen-bond acceptors (Lipinski definition) is 4. The zero-order valence-corrected chi connectivity index (χ0v) is 19.0. The van der Waals surface area contributed by atoms with Crippen LogP contribution < -0.4 is 10.2 Å². The van der Waals surface area contributed by atoms with Crippen molar-refractivity contribution in [2.24, 2.45) is 5.10 Å². The number of carbonyl (C=O) groups is 1. The Morgan fingerprint density at radius 3 is 2.62 bits per heavy atom. The standard InChI is InChI=1S/C25H21BrN4O2/c1-18-10-12-19(13-11-18)25-20(16-30(29-25)22-7-3-2-4-8-22)15-27-28-24(31)17-32-23-9-5-6-21(26)14-23/h2-16H,17H2,1H3,(H,28,31)/b27-15-. The number of nitrogens with zero attached hydrogens (tertiary/aromatic N) is 3. The Labute approximate surface area is 194 Å². The molecular weight excluding hydrogens is 468 g/mol. The van der Waals surface area contributed by atoms with Crippen molar-refractivity contribution in [2.75, 3.05) is 6.61 Å². The van der Waals surface area contributed by atoms with Crippen molar-refractivity contribution in [3.8, 4) is 22.7 Å². The SMILES string of the molecule is Cc1ccc(-c2nn(-c3ccccc3)cc2/C=N\NC(=O)COc2cccc(Br)c2)cc1. The number of rotatable bonds is 7. The molecule has 1 amide bonds. The van der Waals surface area contributed by atoms with Gasteiger partial charge < -0.3 is 4.74 Å². The Hall–Kier alpha value is -3.71. The molecule has 0 saturated carbocycles. The Kier molecular flexibility index (Phi) is 6.77. The van der Waals surface area contributed by atoms with Gasteiger partial charge in [0.1, 0.15) is 11.4 Å². The summed E-state index contributed by atoms with van der Waals surface area (Å²) in [6, 6.07) is 25.3. The minimum atomic E-state index is -0.353. The van der Waals surface area contributed by atoms with E-state index < -0.39 is 0 Å². The number of ether oxygens (including phenoxy) is 1. The first-order valence-corrected chi connectivity index (χ1v) is 10.8. The summed E-state index contributed by atoms with van der Waals surface area (Å²) >= 11 is 3.37. The van der Waals surface area contributed by atoms with E-state index in [-0.39, 0.29) is 12.5 Å². The molecule has 1 aromatic heterocycles. The van der Waals surface area contributed by atoms with Crippen molar-refractivity contribution in [1.29, 1.82) is 0 Å². The molecule has 32 heavy (non-hydrogen) atoms. The summed E-state index contributed by atoms with van der Waals surface area (Å²) in [5.74, 6) is 0.248. The number of halogens is 1. The second-order valence-corrected chi connectivity index (χ2v) is 8.03. The van der Waals surface area contributed by atoms with Crippen LogP contribution in [0.25, 0.3) is 16.9 Å². The van der Waals surface area contributed by atoms with Gasteiger partial charge in [0.25, 0.3) is 5.91 Å². The summed E-state index contributed by atoms with van der Waals surface area (Å²) in [4.78, 5) is 12.1. The van der Waals surface area contributed by atoms with Gasteiger partial charge in [0.15, 0.2) is 6.61 Å². The van der Waals surface area contributed by atoms with Crippen LogP contribution in [0.1, 0.15) is 11.1 Å². The average Bonchev–Trinajstić information content (AvgIpc) is 3.23. The van der Waals surface area contributed by atoms with Gasteiger partial charge in [0.05, 0.1) is 11.9 Å². The summed E-state index contributed by atoms with van der Waals surface area (Å²) in [5, 5.41) is 8.86. The number of benzene rings is 3. The third kappa shape index (κ3) is 5.50. The molecular formula is C25H21BrN4O2. The highest BCUT2D eigenvalue weighted by Crippen LogP contribution is 2.23. The molecule has 7 heteroatoms. The molecule has 0 aliphatic heterocycles. The molecule has 0 aliphatic carbocycles. The number of hydrazone groups is 1. The summed E-state index contributed by atoms with van der Waals surface area (Å²) in [5.41, 5.74) is 7.14. The maximum atomic E-state index is 12.1. The van der Waals surface area contributed by atoms with Gasteiger partial charge in [-0.05, 0) is 37.3 Å². The van der Waals surface area contributed by atoms with Crippen molar-refractivity contribution in [3.63, 3.8) is 0 Å². The maximum absolute atomic E-state index is 12.1. The molecule has 0 fully saturated rings. The van der Waals surface area contributed by atoms with Crippen LogP contribution in [-0.2, 0) is 4.79 Å². The van der Waals surface area contributed by atoms with E-state index in [0.29, 0.717) is 5.75 Å². The molecule has 0 bridgehead atoms. The number of aryl methyl sites for hydroxylation is 1. The zero-order chi connectivity index (χ0) is 22.3. The van der Waals surface area contributed by atoms with E-state index in [9.17, 15) is 4.79 Å². The molecule has 160 valence electrons. The molecule has 3 aromatic carbocycles. The quantitative estimate of drug-likeness (QED) is 0.289. The largest absolute Gasteiger partial charge is 0.484 e. The van der Waals surface area contributed by atoms with Gasteiger partial charge in [-0.1, -0.05) is 70.0 Å². The molecule has 0 spiro atoms. The molecule has 0 radical (unpaired) electrons. The van der Waals surface area contributed by atoms with E-state index in [4.69, 9.17) is 9.84 Å². The summed E-state index contributed by atoms with van der Waals surface area (Å²) < 4.78 is 8.17. The predicted molar refractivity (Wildman–Crippen MR) is 129 cm³/mol. The third-order valence-electron chi connectivity index (χ3n) is 4.65. The summed E-state index contributed by atoms with van der Waals surface area (Å²) in [7, 11) is 0. The Morgan fingerprint density at radius 1 is 1.09 bits per heavy atom. The average molecular weight is 489 g/mol. The number of hydrogen-bond donors (Lipinski definition) is 1.